The predicted octanol–water partition coefficient (Wildman–Crippen LogP) is 1.22. The molecule has 1 aliphatic rings. The van der Waals surface area contributed by atoms with Crippen LogP contribution in [0.4, 0.5) is 0 Å². The lowest BCUT2D eigenvalue weighted by Gasteiger charge is -1.99. The van der Waals surface area contributed by atoms with E-state index in [1.54, 1.807) is 0 Å². The van der Waals surface area contributed by atoms with E-state index in [9.17, 15) is 4.79 Å². The fourth-order valence-electron chi connectivity index (χ4n) is 1.46. The van der Waals surface area contributed by atoms with E-state index in [-0.39, 0.29) is 18.0 Å². The number of ether oxygens (including phenoxy) is 2. The van der Waals surface area contributed by atoms with Crippen LogP contribution in [-0.4, -0.2) is 25.3 Å². The number of esters is 1. The Morgan fingerprint density at radius 3 is 2.50 bits per heavy atom. The monoisotopic (exact) mass is 172 g/mol. The molecule has 0 radical (unpaired) electrons. The van der Waals surface area contributed by atoms with Gasteiger partial charge in [-0.15, -0.1) is 0 Å². The maximum absolute atomic E-state index is 11.2. The van der Waals surface area contributed by atoms with Crippen LogP contribution in [0.25, 0.3) is 0 Å². The summed E-state index contributed by atoms with van der Waals surface area (Å²) in [7, 11) is 0. The lowest BCUT2D eigenvalue weighted by Crippen LogP contribution is -2.10. The molecule has 1 fully saturated rings. The van der Waals surface area contributed by atoms with Crippen LogP contribution in [0.15, 0.2) is 0 Å². The van der Waals surface area contributed by atoms with E-state index in [1.807, 2.05) is 20.8 Å². The molecule has 3 atom stereocenters. The molecule has 3 nitrogen and oxygen atoms in total. The molecule has 3 heteroatoms. The molecule has 1 aliphatic carbocycles. The van der Waals surface area contributed by atoms with Crippen LogP contribution in [0.2, 0.25) is 0 Å². The zero-order valence-corrected chi connectivity index (χ0v) is 7.87. The van der Waals surface area contributed by atoms with Crippen molar-refractivity contribution in [2.75, 3.05) is 13.2 Å². The van der Waals surface area contributed by atoms with Crippen molar-refractivity contribution in [3.05, 3.63) is 0 Å². The summed E-state index contributed by atoms with van der Waals surface area (Å²) in [5.41, 5.74) is 0. The fourth-order valence-corrected chi connectivity index (χ4v) is 1.46. The number of carbonyl (C=O) groups is 1. The number of rotatable bonds is 4. The average Bonchev–Trinajstić information content (AvgIpc) is 2.63. The molecular formula is C9H16O3. The van der Waals surface area contributed by atoms with Gasteiger partial charge in [0.2, 0.25) is 0 Å². The minimum atomic E-state index is -0.108. The minimum absolute atomic E-state index is 0.00935. The first-order valence-corrected chi connectivity index (χ1v) is 4.50. The van der Waals surface area contributed by atoms with E-state index < -0.39 is 0 Å². The first kappa shape index (κ1) is 9.52. The Kier molecular flexibility index (Phi) is 3.09. The maximum Gasteiger partial charge on any atom is 0.311 e. The van der Waals surface area contributed by atoms with Crippen molar-refractivity contribution in [3.63, 3.8) is 0 Å². The highest BCUT2D eigenvalue weighted by atomic mass is 16.5. The Balaban J connectivity index is 2.31. The zero-order valence-electron chi connectivity index (χ0n) is 7.87. The summed E-state index contributed by atoms with van der Waals surface area (Å²) >= 11 is 0. The number of hydrogen-bond donors (Lipinski definition) is 0. The van der Waals surface area contributed by atoms with Gasteiger partial charge in [-0.3, -0.25) is 4.79 Å². The summed E-state index contributed by atoms with van der Waals surface area (Å²) in [6.45, 7) is 6.90. The Labute approximate surface area is 73.0 Å². The SMILES string of the molecule is CCOC(=O)[C@@H]1[C@@H](C)[C@H]1OCC. The lowest BCUT2D eigenvalue weighted by atomic mass is 10.3. The van der Waals surface area contributed by atoms with Crippen molar-refractivity contribution in [1.82, 2.24) is 0 Å². The molecular weight excluding hydrogens is 156 g/mol. The molecule has 0 heterocycles. The summed E-state index contributed by atoms with van der Waals surface area (Å²) in [6.07, 6.45) is 0.106. The second kappa shape index (κ2) is 3.90. The predicted molar refractivity (Wildman–Crippen MR) is 44.7 cm³/mol. The van der Waals surface area contributed by atoms with Gasteiger partial charge in [-0.1, -0.05) is 6.92 Å². The Morgan fingerprint density at radius 1 is 1.33 bits per heavy atom. The third-order valence-corrected chi connectivity index (χ3v) is 2.22. The minimum Gasteiger partial charge on any atom is -0.466 e. The molecule has 0 unspecified atom stereocenters. The van der Waals surface area contributed by atoms with Gasteiger partial charge in [-0.25, -0.2) is 0 Å². The molecule has 0 bridgehead atoms. The second-order valence-electron chi connectivity index (χ2n) is 3.06. The van der Waals surface area contributed by atoms with E-state index in [4.69, 9.17) is 9.47 Å². The van der Waals surface area contributed by atoms with Crippen molar-refractivity contribution in [1.29, 1.82) is 0 Å². The van der Waals surface area contributed by atoms with Gasteiger partial charge in [0, 0.05) is 6.61 Å². The van der Waals surface area contributed by atoms with E-state index in [0.29, 0.717) is 19.1 Å². The molecule has 0 aromatic carbocycles. The quantitative estimate of drug-likeness (QED) is 0.598. The van der Waals surface area contributed by atoms with Crippen molar-refractivity contribution in [2.24, 2.45) is 11.8 Å². The number of carbonyl (C=O) groups excluding carboxylic acids is 1. The van der Waals surface area contributed by atoms with Gasteiger partial charge in [0.15, 0.2) is 0 Å². The van der Waals surface area contributed by atoms with Gasteiger partial charge in [-0.05, 0) is 19.8 Å². The van der Waals surface area contributed by atoms with Crippen LogP contribution in [0.1, 0.15) is 20.8 Å². The van der Waals surface area contributed by atoms with Crippen molar-refractivity contribution in [2.45, 2.75) is 26.9 Å². The van der Waals surface area contributed by atoms with Gasteiger partial charge in [0.1, 0.15) is 0 Å². The third kappa shape index (κ3) is 1.78. The van der Waals surface area contributed by atoms with Crippen LogP contribution >= 0.6 is 0 Å². The van der Waals surface area contributed by atoms with Crippen molar-refractivity contribution < 1.29 is 14.3 Å². The average molecular weight is 172 g/mol. The van der Waals surface area contributed by atoms with Crippen molar-refractivity contribution in [3.8, 4) is 0 Å². The summed E-state index contributed by atoms with van der Waals surface area (Å²) in [5, 5.41) is 0. The topological polar surface area (TPSA) is 35.5 Å². The molecule has 0 spiro atoms. The van der Waals surface area contributed by atoms with E-state index in [1.165, 1.54) is 0 Å². The summed E-state index contributed by atoms with van der Waals surface area (Å²) in [5.74, 6) is 0.220. The largest absolute Gasteiger partial charge is 0.466 e. The first-order valence-electron chi connectivity index (χ1n) is 4.50. The van der Waals surface area contributed by atoms with E-state index >= 15 is 0 Å². The standard InChI is InChI=1S/C9H16O3/c1-4-11-8-6(3)7(8)9(10)12-5-2/h6-8H,4-5H2,1-3H3/t6-,7-,8-/m1/s1. The normalized spacial score (nSPS) is 33.1. The lowest BCUT2D eigenvalue weighted by molar-refractivity contribution is -0.145. The van der Waals surface area contributed by atoms with E-state index in [0.717, 1.165) is 0 Å². The van der Waals surface area contributed by atoms with Gasteiger partial charge < -0.3 is 9.47 Å². The summed E-state index contributed by atoms with van der Waals surface area (Å²) in [4.78, 5) is 11.2. The van der Waals surface area contributed by atoms with Gasteiger partial charge in [0.05, 0.1) is 18.6 Å². The zero-order chi connectivity index (χ0) is 9.14. The maximum atomic E-state index is 11.2. The van der Waals surface area contributed by atoms with Crippen LogP contribution in [0.5, 0.6) is 0 Å². The molecule has 1 saturated carbocycles. The van der Waals surface area contributed by atoms with Crippen molar-refractivity contribution >= 4 is 5.97 Å². The Morgan fingerprint density at radius 2 is 2.00 bits per heavy atom. The first-order chi connectivity index (χ1) is 5.72. The molecule has 12 heavy (non-hydrogen) atoms. The molecule has 0 aromatic rings. The molecule has 0 aromatic heterocycles. The van der Waals surface area contributed by atoms with E-state index in [2.05, 4.69) is 0 Å². The van der Waals surface area contributed by atoms with Gasteiger partial charge in [0.25, 0.3) is 0 Å². The van der Waals surface area contributed by atoms with Gasteiger partial charge in [-0.2, -0.15) is 0 Å². The molecule has 0 aliphatic heterocycles. The molecule has 70 valence electrons. The molecule has 1 rings (SSSR count). The summed E-state index contributed by atoms with van der Waals surface area (Å²) in [6, 6.07) is 0. The smallest absolute Gasteiger partial charge is 0.311 e. The molecule has 0 amide bonds. The highest BCUT2D eigenvalue weighted by Crippen LogP contribution is 2.42. The Bertz CT molecular complexity index is 167. The number of hydrogen-bond acceptors (Lipinski definition) is 3. The second-order valence-corrected chi connectivity index (χ2v) is 3.06. The highest BCUT2D eigenvalue weighted by molar-refractivity contribution is 5.77. The Hall–Kier alpha value is -0.570. The van der Waals surface area contributed by atoms with Crippen LogP contribution < -0.4 is 0 Å². The van der Waals surface area contributed by atoms with Gasteiger partial charge >= 0.3 is 5.97 Å². The molecule has 0 N–H and O–H groups in total. The molecule has 0 saturated heterocycles. The highest BCUT2D eigenvalue weighted by Gasteiger charge is 2.53. The summed E-state index contributed by atoms with van der Waals surface area (Å²) < 4.78 is 10.2. The van der Waals surface area contributed by atoms with Crippen LogP contribution in [0, 0.1) is 11.8 Å². The van der Waals surface area contributed by atoms with Crippen LogP contribution in [0.3, 0.4) is 0 Å². The fraction of sp³-hybridized carbons (Fsp3) is 0.889. The third-order valence-electron chi connectivity index (χ3n) is 2.22. The van der Waals surface area contributed by atoms with Crippen LogP contribution in [-0.2, 0) is 14.3 Å².